The normalized spacial score (nSPS) is 19.7. The highest BCUT2D eigenvalue weighted by molar-refractivity contribution is 5.92. The molecule has 0 bridgehead atoms. The summed E-state index contributed by atoms with van der Waals surface area (Å²) < 4.78 is 25.6. The van der Waals surface area contributed by atoms with E-state index in [4.69, 9.17) is 9.47 Å². The summed E-state index contributed by atoms with van der Waals surface area (Å²) in [5.41, 5.74) is 0.380. The predicted octanol–water partition coefficient (Wildman–Crippen LogP) is 0.888. The molecule has 0 aliphatic carbocycles. The van der Waals surface area contributed by atoms with Gasteiger partial charge in [0.2, 0.25) is 5.88 Å². The van der Waals surface area contributed by atoms with Gasteiger partial charge in [0.1, 0.15) is 6.10 Å². The number of ether oxygens (including phenoxy) is 2. The number of hydrogen-bond donors (Lipinski definition) is 0. The van der Waals surface area contributed by atoms with E-state index in [2.05, 4.69) is 15.1 Å². The average Bonchev–Trinajstić information content (AvgIpc) is 3.23. The summed E-state index contributed by atoms with van der Waals surface area (Å²) in [6, 6.07) is 1.79. The molecule has 2 aromatic rings. The van der Waals surface area contributed by atoms with Gasteiger partial charge in [0, 0.05) is 32.0 Å². The molecule has 0 spiro atoms. The molecule has 2 aliphatic heterocycles. The van der Waals surface area contributed by atoms with Gasteiger partial charge in [0.25, 0.3) is 5.91 Å². The van der Waals surface area contributed by atoms with Gasteiger partial charge in [-0.2, -0.15) is 5.10 Å². The molecule has 2 aromatic heterocycles. The Kier molecular flexibility index (Phi) is 3.75. The zero-order chi connectivity index (χ0) is 16.5. The fourth-order valence-corrected chi connectivity index (χ4v) is 2.85. The van der Waals surface area contributed by atoms with Gasteiger partial charge in [0.15, 0.2) is 11.5 Å². The fraction of sp³-hybridized carbons (Fsp3) is 0.467. The molecule has 4 rings (SSSR count). The Morgan fingerprint density at radius 3 is 2.96 bits per heavy atom. The second kappa shape index (κ2) is 6.06. The Labute approximate surface area is 137 Å². The number of carbonyl (C=O) groups excluding carboxylic acids is 1. The fourth-order valence-electron chi connectivity index (χ4n) is 2.85. The molecule has 1 amide bonds. The number of hydrogen-bond acceptors (Lipinski definition) is 6. The lowest BCUT2D eigenvalue weighted by Gasteiger charge is -2.15. The lowest BCUT2D eigenvalue weighted by molar-refractivity contribution is 0.0763. The molecule has 1 fully saturated rings. The third-order valence-electron chi connectivity index (χ3n) is 4.03. The van der Waals surface area contributed by atoms with Crippen molar-refractivity contribution < 1.29 is 18.7 Å². The SMILES string of the molecule is O=C(c1cc2n(n1)CCCO2)N1CC[C@@H](Oc2ncc(F)cn2)C1. The van der Waals surface area contributed by atoms with Crippen LogP contribution in [-0.4, -0.2) is 56.4 Å². The van der Waals surface area contributed by atoms with Crippen molar-refractivity contribution in [3.8, 4) is 11.9 Å². The quantitative estimate of drug-likeness (QED) is 0.830. The third-order valence-corrected chi connectivity index (χ3v) is 4.03. The second-order valence-corrected chi connectivity index (χ2v) is 5.76. The zero-order valence-corrected chi connectivity index (χ0v) is 12.9. The molecule has 0 unspecified atom stereocenters. The topological polar surface area (TPSA) is 82.4 Å². The van der Waals surface area contributed by atoms with Crippen LogP contribution in [0.5, 0.6) is 11.9 Å². The van der Waals surface area contributed by atoms with Crippen molar-refractivity contribution in [3.05, 3.63) is 30.0 Å². The smallest absolute Gasteiger partial charge is 0.316 e. The van der Waals surface area contributed by atoms with Crippen molar-refractivity contribution in [1.82, 2.24) is 24.6 Å². The molecule has 0 saturated carbocycles. The minimum absolute atomic E-state index is 0.113. The molecule has 0 N–H and O–H groups in total. The molecule has 126 valence electrons. The Morgan fingerprint density at radius 1 is 1.33 bits per heavy atom. The minimum atomic E-state index is -0.517. The summed E-state index contributed by atoms with van der Waals surface area (Å²) in [7, 11) is 0. The molecule has 1 saturated heterocycles. The van der Waals surface area contributed by atoms with Crippen LogP contribution in [0.4, 0.5) is 4.39 Å². The second-order valence-electron chi connectivity index (χ2n) is 5.76. The molecule has 0 radical (unpaired) electrons. The predicted molar refractivity (Wildman–Crippen MR) is 79.3 cm³/mol. The van der Waals surface area contributed by atoms with Gasteiger partial charge in [-0.3, -0.25) is 4.79 Å². The first-order valence-electron chi connectivity index (χ1n) is 7.83. The lowest BCUT2D eigenvalue weighted by atomic mass is 10.3. The average molecular weight is 333 g/mol. The van der Waals surface area contributed by atoms with E-state index >= 15 is 0 Å². The van der Waals surface area contributed by atoms with Crippen molar-refractivity contribution in [3.63, 3.8) is 0 Å². The Bertz CT molecular complexity index is 725. The van der Waals surface area contributed by atoms with E-state index in [0.717, 1.165) is 25.4 Å². The van der Waals surface area contributed by atoms with E-state index in [1.165, 1.54) is 0 Å². The number of amides is 1. The van der Waals surface area contributed by atoms with Gasteiger partial charge in [-0.1, -0.05) is 0 Å². The van der Waals surface area contributed by atoms with Gasteiger partial charge in [-0.25, -0.2) is 19.0 Å². The van der Waals surface area contributed by atoms with Crippen LogP contribution in [-0.2, 0) is 6.54 Å². The largest absolute Gasteiger partial charge is 0.478 e. The number of rotatable bonds is 3. The summed E-state index contributed by atoms with van der Waals surface area (Å²) in [4.78, 5) is 21.8. The van der Waals surface area contributed by atoms with E-state index in [1.807, 2.05) is 0 Å². The van der Waals surface area contributed by atoms with Gasteiger partial charge in [0.05, 0.1) is 25.5 Å². The number of nitrogens with zero attached hydrogens (tertiary/aromatic N) is 5. The maximum absolute atomic E-state index is 12.8. The Balaban J connectivity index is 1.39. The first kappa shape index (κ1) is 14.9. The van der Waals surface area contributed by atoms with Gasteiger partial charge in [-0.15, -0.1) is 0 Å². The van der Waals surface area contributed by atoms with Crippen LogP contribution in [0.1, 0.15) is 23.3 Å². The number of carbonyl (C=O) groups is 1. The van der Waals surface area contributed by atoms with E-state index in [0.29, 0.717) is 37.7 Å². The standard InChI is InChI=1S/C15H16FN5O3/c16-10-7-17-15(18-8-10)24-11-2-4-20(9-11)14(22)12-6-13-21(19-12)3-1-5-23-13/h6-8,11H,1-5,9H2/t11-/m1/s1. The summed E-state index contributed by atoms with van der Waals surface area (Å²) in [5, 5.41) is 4.31. The number of likely N-dealkylation sites (tertiary alicyclic amines) is 1. The molecule has 9 heteroatoms. The van der Waals surface area contributed by atoms with Crippen LogP contribution in [0.25, 0.3) is 0 Å². The van der Waals surface area contributed by atoms with Crippen LogP contribution >= 0.6 is 0 Å². The summed E-state index contributed by atoms with van der Waals surface area (Å²) in [6.45, 7) is 2.39. The summed E-state index contributed by atoms with van der Waals surface area (Å²) in [6.07, 6.45) is 3.44. The van der Waals surface area contributed by atoms with Crippen LogP contribution in [0.2, 0.25) is 0 Å². The monoisotopic (exact) mass is 333 g/mol. The molecule has 8 nitrogen and oxygen atoms in total. The lowest BCUT2D eigenvalue weighted by Crippen LogP contribution is -2.31. The third kappa shape index (κ3) is 2.89. The van der Waals surface area contributed by atoms with Crippen LogP contribution in [0.15, 0.2) is 18.5 Å². The van der Waals surface area contributed by atoms with E-state index in [1.54, 1.807) is 15.6 Å². The summed E-state index contributed by atoms with van der Waals surface area (Å²) in [5.74, 6) is -0.0283. The number of fused-ring (bicyclic) bond motifs is 1. The van der Waals surface area contributed by atoms with Crippen molar-refractivity contribution >= 4 is 5.91 Å². The molecular formula is C15H16FN5O3. The first-order valence-corrected chi connectivity index (χ1v) is 7.83. The molecule has 1 atom stereocenters. The minimum Gasteiger partial charge on any atom is -0.478 e. The van der Waals surface area contributed by atoms with E-state index < -0.39 is 5.82 Å². The molecule has 4 heterocycles. The van der Waals surface area contributed by atoms with Crippen LogP contribution < -0.4 is 9.47 Å². The maximum atomic E-state index is 12.8. The van der Waals surface area contributed by atoms with E-state index in [9.17, 15) is 9.18 Å². The maximum Gasteiger partial charge on any atom is 0.316 e. The van der Waals surface area contributed by atoms with E-state index in [-0.39, 0.29) is 18.0 Å². The van der Waals surface area contributed by atoms with Crippen LogP contribution in [0, 0.1) is 5.82 Å². The highest BCUT2D eigenvalue weighted by atomic mass is 19.1. The Morgan fingerprint density at radius 2 is 2.17 bits per heavy atom. The first-order chi connectivity index (χ1) is 11.7. The van der Waals surface area contributed by atoms with Gasteiger partial charge >= 0.3 is 6.01 Å². The molecule has 2 aliphatic rings. The molecule has 24 heavy (non-hydrogen) atoms. The molecule has 0 aromatic carbocycles. The zero-order valence-electron chi connectivity index (χ0n) is 12.9. The Hall–Kier alpha value is -2.71. The van der Waals surface area contributed by atoms with Crippen molar-refractivity contribution in [1.29, 1.82) is 0 Å². The molecular weight excluding hydrogens is 317 g/mol. The van der Waals surface area contributed by atoms with Crippen LogP contribution in [0.3, 0.4) is 0 Å². The summed E-state index contributed by atoms with van der Waals surface area (Å²) >= 11 is 0. The number of aromatic nitrogens is 4. The number of halogens is 1. The van der Waals surface area contributed by atoms with Crippen molar-refractivity contribution in [2.24, 2.45) is 0 Å². The van der Waals surface area contributed by atoms with Gasteiger partial charge < -0.3 is 14.4 Å². The number of aryl methyl sites for hydroxylation is 1. The van der Waals surface area contributed by atoms with Crippen molar-refractivity contribution in [2.45, 2.75) is 25.5 Å². The highest BCUT2D eigenvalue weighted by Gasteiger charge is 2.31. The highest BCUT2D eigenvalue weighted by Crippen LogP contribution is 2.22. The van der Waals surface area contributed by atoms with Crippen molar-refractivity contribution in [2.75, 3.05) is 19.7 Å². The van der Waals surface area contributed by atoms with Gasteiger partial charge in [-0.05, 0) is 0 Å².